The minimum Gasteiger partial charge on any atom is -0.236 e. The van der Waals surface area contributed by atoms with Crippen molar-refractivity contribution in [3.05, 3.63) is 51.5 Å². The Morgan fingerprint density at radius 1 is 1.17 bits per heavy atom. The maximum Gasteiger partial charge on any atom is 0.126 e. The SMILES string of the molecule is Cc1ccc2nc(-c3cc(Br)ccc3Cl)sc2c1. The number of hydrogen-bond acceptors (Lipinski definition) is 2. The van der Waals surface area contributed by atoms with Gasteiger partial charge in [0.05, 0.1) is 15.2 Å². The highest BCUT2D eigenvalue weighted by molar-refractivity contribution is 9.10. The highest BCUT2D eigenvalue weighted by Gasteiger charge is 2.10. The molecule has 0 N–H and O–H groups in total. The smallest absolute Gasteiger partial charge is 0.126 e. The van der Waals surface area contributed by atoms with Gasteiger partial charge in [0.2, 0.25) is 0 Å². The molecule has 0 aliphatic rings. The monoisotopic (exact) mass is 337 g/mol. The van der Waals surface area contributed by atoms with Crippen LogP contribution in [0.3, 0.4) is 0 Å². The molecule has 4 heteroatoms. The summed E-state index contributed by atoms with van der Waals surface area (Å²) in [6, 6.07) is 12.1. The molecule has 1 nitrogen and oxygen atoms in total. The summed E-state index contributed by atoms with van der Waals surface area (Å²) in [5.41, 5.74) is 3.25. The van der Waals surface area contributed by atoms with Crippen molar-refractivity contribution >= 4 is 49.1 Å². The molecule has 0 saturated carbocycles. The molecule has 90 valence electrons. The van der Waals surface area contributed by atoms with E-state index in [0.29, 0.717) is 0 Å². The lowest BCUT2D eigenvalue weighted by atomic mass is 10.2. The molecule has 3 aromatic rings. The standard InChI is InChI=1S/C14H9BrClNS/c1-8-2-5-12-13(6-8)18-14(17-12)10-7-9(15)3-4-11(10)16/h2-7H,1H3. The summed E-state index contributed by atoms with van der Waals surface area (Å²) in [6.07, 6.45) is 0. The third kappa shape index (κ3) is 2.18. The van der Waals surface area contributed by atoms with Gasteiger partial charge in [0.25, 0.3) is 0 Å². The van der Waals surface area contributed by atoms with Crippen LogP contribution in [-0.2, 0) is 0 Å². The van der Waals surface area contributed by atoms with E-state index in [4.69, 9.17) is 11.6 Å². The van der Waals surface area contributed by atoms with E-state index in [0.717, 1.165) is 25.6 Å². The fourth-order valence-corrected chi connectivity index (χ4v) is 3.53. The third-order valence-electron chi connectivity index (χ3n) is 2.70. The van der Waals surface area contributed by atoms with E-state index in [-0.39, 0.29) is 0 Å². The van der Waals surface area contributed by atoms with Crippen molar-refractivity contribution < 1.29 is 0 Å². The van der Waals surface area contributed by atoms with Crippen molar-refractivity contribution in [1.29, 1.82) is 0 Å². The van der Waals surface area contributed by atoms with Gasteiger partial charge in [-0.05, 0) is 42.8 Å². The Morgan fingerprint density at radius 3 is 2.83 bits per heavy atom. The second kappa shape index (κ2) is 4.65. The van der Waals surface area contributed by atoms with Gasteiger partial charge in [-0.1, -0.05) is 33.6 Å². The first-order valence-electron chi connectivity index (χ1n) is 5.46. The highest BCUT2D eigenvalue weighted by Crippen LogP contribution is 2.36. The summed E-state index contributed by atoms with van der Waals surface area (Å²) in [4.78, 5) is 4.64. The molecule has 18 heavy (non-hydrogen) atoms. The van der Waals surface area contributed by atoms with E-state index >= 15 is 0 Å². The summed E-state index contributed by atoms with van der Waals surface area (Å²) >= 11 is 11.4. The molecule has 0 amide bonds. The van der Waals surface area contributed by atoms with Crippen molar-refractivity contribution in [3.8, 4) is 10.6 Å². The zero-order chi connectivity index (χ0) is 12.7. The predicted octanol–water partition coefficient (Wildman–Crippen LogP) is 5.69. The van der Waals surface area contributed by atoms with Gasteiger partial charge in [0.1, 0.15) is 5.01 Å². The second-order valence-corrected chi connectivity index (χ2v) is 6.47. The number of thiazole rings is 1. The number of benzene rings is 2. The molecule has 1 heterocycles. The molecule has 0 radical (unpaired) electrons. The Balaban J connectivity index is 2.22. The van der Waals surface area contributed by atoms with Gasteiger partial charge >= 0.3 is 0 Å². The molecule has 0 bridgehead atoms. The van der Waals surface area contributed by atoms with E-state index in [1.165, 1.54) is 10.3 Å². The van der Waals surface area contributed by atoms with E-state index in [1.807, 2.05) is 18.2 Å². The van der Waals surface area contributed by atoms with Gasteiger partial charge in [-0.15, -0.1) is 11.3 Å². The van der Waals surface area contributed by atoms with Gasteiger partial charge < -0.3 is 0 Å². The number of aryl methyl sites for hydroxylation is 1. The van der Waals surface area contributed by atoms with Crippen LogP contribution < -0.4 is 0 Å². The lowest BCUT2D eigenvalue weighted by Gasteiger charge is -2.00. The molecule has 0 saturated heterocycles. The van der Waals surface area contributed by atoms with Crippen molar-refractivity contribution in [3.63, 3.8) is 0 Å². The van der Waals surface area contributed by atoms with Crippen LogP contribution in [-0.4, -0.2) is 4.98 Å². The molecule has 2 aromatic carbocycles. The van der Waals surface area contributed by atoms with Crippen molar-refractivity contribution in [1.82, 2.24) is 4.98 Å². The Labute approximate surface area is 123 Å². The van der Waals surface area contributed by atoms with Crippen LogP contribution in [0.4, 0.5) is 0 Å². The average molecular weight is 339 g/mol. The van der Waals surface area contributed by atoms with E-state index in [2.05, 4.69) is 46.0 Å². The molecule has 0 fully saturated rings. The Bertz CT molecular complexity index is 736. The zero-order valence-electron chi connectivity index (χ0n) is 9.58. The zero-order valence-corrected chi connectivity index (χ0v) is 12.7. The Kier molecular flexibility index (Phi) is 3.14. The molecule has 3 rings (SSSR count). The molecule has 0 aliphatic carbocycles. The van der Waals surface area contributed by atoms with Crippen molar-refractivity contribution in [2.75, 3.05) is 0 Å². The van der Waals surface area contributed by atoms with Crippen LogP contribution >= 0.6 is 38.9 Å². The molecular weight excluding hydrogens is 330 g/mol. The minimum atomic E-state index is 0.731. The Morgan fingerprint density at radius 2 is 2.00 bits per heavy atom. The quantitative estimate of drug-likeness (QED) is 0.555. The van der Waals surface area contributed by atoms with Gasteiger partial charge in [-0.3, -0.25) is 0 Å². The van der Waals surface area contributed by atoms with E-state index in [1.54, 1.807) is 11.3 Å². The molecular formula is C14H9BrClNS. The number of aromatic nitrogens is 1. The van der Waals surface area contributed by atoms with Crippen LogP contribution in [0.5, 0.6) is 0 Å². The summed E-state index contributed by atoms with van der Waals surface area (Å²) in [6.45, 7) is 2.09. The van der Waals surface area contributed by atoms with Crippen LogP contribution in [0.25, 0.3) is 20.8 Å². The number of rotatable bonds is 1. The number of fused-ring (bicyclic) bond motifs is 1. The normalized spacial score (nSPS) is 11.1. The summed E-state index contributed by atoms with van der Waals surface area (Å²) < 4.78 is 2.21. The van der Waals surface area contributed by atoms with Gasteiger partial charge in [0.15, 0.2) is 0 Å². The fourth-order valence-electron chi connectivity index (χ4n) is 1.81. The van der Waals surface area contributed by atoms with Crippen LogP contribution in [0, 0.1) is 6.92 Å². The lowest BCUT2D eigenvalue weighted by molar-refractivity contribution is 1.45. The first-order chi connectivity index (χ1) is 8.63. The van der Waals surface area contributed by atoms with Crippen LogP contribution in [0.2, 0.25) is 5.02 Å². The summed E-state index contributed by atoms with van der Waals surface area (Å²) in [5, 5.41) is 1.69. The summed E-state index contributed by atoms with van der Waals surface area (Å²) in [5.74, 6) is 0. The number of nitrogens with zero attached hydrogens (tertiary/aromatic N) is 1. The van der Waals surface area contributed by atoms with Crippen LogP contribution in [0.15, 0.2) is 40.9 Å². The Hall–Kier alpha value is -0.900. The summed E-state index contributed by atoms with van der Waals surface area (Å²) in [7, 11) is 0. The average Bonchev–Trinajstić information content (AvgIpc) is 2.74. The van der Waals surface area contributed by atoms with E-state index in [9.17, 15) is 0 Å². The molecule has 0 atom stereocenters. The first-order valence-corrected chi connectivity index (χ1v) is 7.45. The molecule has 1 aromatic heterocycles. The predicted molar refractivity (Wildman–Crippen MR) is 82.5 cm³/mol. The minimum absolute atomic E-state index is 0.731. The maximum atomic E-state index is 6.24. The lowest BCUT2D eigenvalue weighted by Crippen LogP contribution is -1.78. The van der Waals surface area contributed by atoms with Crippen LogP contribution in [0.1, 0.15) is 5.56 Å². The maximum absolute atomic E-state index is 6.24. The number of hydrogen-bond donors (Lipinski definition) is 0. The first kappa shape index (κ1) is 12.2. The van der Waals surface area contributed by atoms with Crippen molar-refractivity contribution in [2.24, 2.45) is 0 Å². The van der Waals surface area contributed by atoms with Gasteiger partial charge in [-0.25, -0.2) is 4.98 Å². The molecule has 0 spiro atoms. The highest BCUT2D eigenvalue weighted by atomic mass is 79.9. The second-order valence-electron chi connectivity index (χ2n) is 4.11. The third-order valence-corrected chi connectivity index (χ3v) is 4.58. The van der Waals surface area contributed by atoms with E-state index < -0.39 is 0 Å². The van der Waals surface area contributed by atoms with Gasteiger partial charge in [-0.2, -0.15) is 0 Å². The largest absolute Gasteiger partial charge is 0.236 e. The number of halogens is 2. The fraction of sp³-hybridized carbons (Fsp3) is 0.0714. The molecule has 0 aliphatic heterocycles. The van der Waals surface area contributed by atoms with Crippen molar-refractivity contribution in [2.45, 2.75) is 6.92 Å². The molecule has 0 unspecified atom stereocenters. The van der Waals surface area contributed by atoms with Gasteiger partial charge in [0, 0.05) is 10.0 Å². The topological polar surface area (TPSA) is 12.9 Å².